The number of hydrogen-bond acceptors (Lipinski definition) is 4. The summed E-state index contributed by atoms with van der Waals surface area (Å²) in [5, 5.41) is 17.1. The zero-order valence-corrected chi connectivity index (χ0v) is 29.3. The standard InChI is InChI=1S/C33H36F3N7O2.C6H6/c1-22-30(29-15-17-38-42(29)28-14-13-23(21-37)19-24(28)16-18-43(2,3)4)41(31(44)39-26-10-6-5-7-11-26)32(45)40(22)27-12-8-9-25(20-27)33(34,35)36;1-2-4-6-5-3-1/h8-9,12-15,17,19-20,26H,5-7,10-11,16,18H2,1-4H3;1-6H/p+1. The molecule has 0 bridgehead atoms. The number of carbonyl (C=O) groups is 1. The number of quaternary nitrogens is 1. The summed E-state index contributed by atoms with van der Waals surface area (Å²) in [6, 6.07) is 24.9. The first kappa shape index (κ1) is 36.9. The van der Waals surface area contributed by atoms with E-state index in [0.717, 1.165) is 65.5 Å². The molecule has 1 fully saturated rings. The number of imidazole rings is 1. The van der Waals surface area contributed by atoms with Gasteiger partial charge in [-0.25, -0.2) is 18.8 Å². The number of rotatable bonds is 7. The molecular formula is C39H43F3N7O2+. The zero-order chi connectivity index (χ0) is 36.8. The van der Waals surface area contributed by atoms with Crippen molar-refractivity contribution in [3.63, 3.8) is 0 Å². The van der Waals surface area contributed by atoms with Crippen LogP contribution in [0.3, 0.4) is 0 Å². The summed E-state index contributed by atoms with van der Waals surface area (Å²) >= 11 is 0. The number of hydrogen-bond donors (Lipinski definition) is 1. The molecule has 1 saturated carbocycles. The van der Waals surface area contributed by atoms with Crippen LogP contribution in [0, 0.1) is 18.3 Å². The van der Waals surface area contributed by atoms with E-state index in [4.69, 9.17) is 0 Å². The largest absolute Gasteiger partial charge is 0.416 e. The number of benzene rings is 3. The van der Waals surface area contributed by atoms with Crippen molar-refractivity contribution in [1.29, 1.82) is 5.26 Å². The van der Waals surface area contributed by atoms with Crippen LogP contribution in [0.5, 0.6) is 0 Å². The van der Waals surface area contributed by atoms with E-state index in [-0.39, 0.29) is 23.1 Å². The number of nitrogens with zero attached hydrogens (tertiary/aromatic N) is 6. The molecule has 5 aromatic rings. The van der Waals surface area contributed by atoms with Gasteiger partial charge in [-0.15, -0.1) is 0 Å². The first-order chi connectivity index (χ1) is 24.3. The van der Waals surface area contributed by atoms with E-state index in [9.17, 15) is 28.0 Å². The molecule has 266 valence electrons. The average molecular weight is 699 g/mol. The Labute approximate surface area is 295 Å². The number of likely N-dealkylation sites (N-methyl/N-ethyl adjacent to an activating group) is 1. The molecule has 3 aromatic carbocycles. The van der Waals surface area contributed by atoms with Crippen LogP contribution < -0.4 is 11.0 Å². The maximum absolute atomic E-state index is 14.1. The summed E-state index contributed by atoms with van der Waals surface area (Å²) in [6.07, 6.45) is 2.09. The third kappa shape index (κ3) is 8.85. The molecule has 1 aliphatic carbocycles. The smallest absolute Gasteiger partial charge is 0.335 e. The fourth-order valence-corrected chi connectivity index (χ4v) is 6.28. The lowest BCUT2D eigenvalue weighted by Crippen LogP contribution is -2.43. The van der Waals surface area contributed by atoms with Gasteiger partial charge >= 0.3 is 17.9 Å². The molecule has 2 aromatic heterocycles. The molecule has 1 aliphatic rings. The Hall–Kier alpha value is -5.41. The highest BCUT2D eigenvalue weighted by atomic mass is 19.4. The van der Waals surface area contributed by atoms with Crippen molar-refractivity contribution < 1.29 is 22.4 Å². The minimum absolute atomic E-state index is 0.00846. The van der Waals surface area contributed by atoms with Crippen molar-refractivity contribution in [1.82, 2.24) is 24.2 Å². The summed E-state index contributed by atoms with van der Waals surface area (Å²) < 4.78 is 45.4. The molecule has 9 nitrogen and oxygen atoms in total. The van der Waals surface area contributed by atoms with Gasteiger partial charge in [-0.3, -0.25) is 4.57 Å². The highest BCUT2D eigenvalue weighted by molar-refractivity contribution is 5.83. The summed E-state index contributed by atoms with van der Waals surface area (Å²) in [4.78, 5) is 28.0. The number of amides is 1. The van der Waals surface area contributed by atoms with E-state index in [1.54, 1.807) is 42.1 Å². The van der Waals surface area contributed by atoms with E-state index in [0.29, 0.717) is 27.8 Å². The number of nitrogens with one attached hydrogen (secondary N) is 1. The second-order valence-corrected chi connectivity index (χ2v) is 13.7. The molecule has 6 rings (SSSR count). The van der Waals surface area contributed by atoms with Gasteiger partial charge < -0.3 is 9.80 Å². The van der Waals surface area contributed by atoms with Gasteiger partial charge in [0.05, 0.1) is 73.8 Å². The summed E-state index contributed by atoms with van der Waals surface area (Å²) in [5.74, 6) is 0. The fourth-order valence-electron chi connectivity index (χ4n) is 6.28. The van der Waals surface area contributed by atoms with Crippen LogP contribution in [-0.2, 0) is 12.6 Å². The molecule has 1 amide bonds. The van der Waals surface area contributed by atoms with Gasteiger partial charge in [0.25, 0.3) is 0 Å². The normalized spacial score (nSPS) is 13.6. The van der Waals surface area contributed by atoms with Gasteiger partial charge in [-0.05, 0) is 67.8 Å². The van der Waals surface area contributed by atoms with Crippen molar-refractivity contribution in [3.8, 4) is 28.8 Å². The topological polar surface area (TPSA) is 97.6 Å². The molecule has 0 atom stereocenters. The van der Waals surface area contributed by atoms with E-state index >= 15 is 0 Å². The number of halogens is 3. The minimum Gasteiger partial charge on any atom is -0.335 e. The van der Waals surface area contributed by atoms with Gasteiger partial charge in [-0.2, -0.15) is 23.5 Å². The van der Waals surface area contributed by atoms with Crippen molar-refractivity contribution in [2.24, 2.45) is 0 Å². The fraction of sp³-hybridized carbons (Fsp3) is 0.333. The number of carbonyl (C=O) groups excluding carboxylic acids is 1. The Bertz CT molecular complexity index is 2030. The number of aromatic nitrogens is 4. The zero-order valence-electron chi connectivity index (χ0n) is 29.3. The summed E-state index contributed by atoms with van der Waals surface area (Å²) in [5.41, 5.74) is 1.20. The van der Waals surface area contributed by atoms with E-state index in [2.05, 4.69) is 37.6 Å². The molecular weight excluding hydrogens is 655 g/mol. The maximum Gasteiger partial charge on any atom is 0.416 e. The molecule has 0 saturated heterocycles. The molecule has 2 heterocycles. The number of nitriles is 1. The minimum atomic E-state index is -4.62. The lowest BCUT2D eigenvalue weighted by Gasteiger charge is -2.24. The van der Waals surface area contributed by atoms with Gasteiger partial charge in [0.15, 0.2) is 0 Å². The molecule has 0 aliphatic heterocycles. The molecule has 0 unspecified atom stereocenters. The predicted molar refractivity (Wildman–Crippen MR) is 191 cm³/mol. The van der Waals surface area contributed by atoms with Crippen LogP contribution in [0.25, 0.3) is 22.8 Å². The van der Waals surface area contributed by atoms with Crippen molar-refractivity contribution in [2.45, 2.75) is 57.7 Å². The van der Waals surface area contributed by atoms with Crippen LogP contribution in [0.2, 0.25) is 0 Å². The van der Waals surface area contributed by atoms with Gasteiger partial charge in [0.2, 0.25) is 0 Å². The molecule has 0 radical (unpaired) electrons. The first-order valence-electron chi connectivity index (χ1n) is 17.0. The molecule has 12 heteroatoms. The first-order valence-corrected chi connectivity index (χ1v) is 17.0. The third-order valence-corrected chi connectivity index (χ3v) is 8.89. The lowest BCUT2D eigenvalue weighted by molar-refractivity contribution is -0.870. The lowest BCUT2D eigenvalue weighted by atomic mass is 9.96. The highest BCUT2D eigenvalue weighted by Crippen LogP contribution is 2.33. The molecule has 0 spiro atoms. The van der Waals surface area contributed by atoms with Crippen LogP contribution in [0.15, 0.2) is 95.9 Å². The van der Waals surface area contributed by atoms with Crippen molar-refractivity contribution in [3.05, 3.63) is 124 Å². The monoisotopic (exact) mass is 698 g/mol. The predicted octanol–water partition coefficient (Wildman–Crippen LogP) is 7.52. The van der Waals surface area contributed by atoms with Crippen LogP contribution >= 0.6 is 0 Å². The van der Waals surface area contributed by atoms with Crippen molar-refractivity contribution >= 4 is 6.03 Å². The van der Waals surface area contributed by atoms with Gasteiger partial charge in [0.1, 0.15) is 5.69 Å². The van der Waals surface area contributed by atoms with Crippen LogP contribution in [-0.4, -0.2) is 63.2 Å². The van der Waals surface area contributed by atoms with Gasteiger partial charge in [-0.1, -0.05) is 61.7 Å². The Morgan fingerprint density at radius 2 is 1.63 bits per heavy atom. The summed E-state index contributed by atoms with van der Waals surface area (Å²) in [6.45, 7) is 2.37. The quantitative estimate of drug-likeness (QED) is 0.178. The maximum atomic E-state index is 14.1. The summed E-state index contributed by atoms with van der Waals surface area (Å²) in [7, 11) is 6.20. The Morgan fingerprint density at radius 3 is 2.24 bits per heavy atom. The van der Waals surface area contributed by atoms with Crippen LogP contribution in [0.1, 0.15) is 54.5 Å². The Kier molecular flexibility index (Phi) is 11.3. The van der Waals surface area contributed by atoms with Crippen molar-refractivity contribution in [2.75, 3.05) is 27.7 Å². The number of alkyl halides is 3. The highest BCUT2D eigenvalue weighted by Gasteiger charge is 2.32. The Morgan fingerprint density at radius 1 is 0.961 bits per heavy atom. The molecule has 1 N–H and O–H groups in total. The Balaban J connectivity index is 0.000000761. The van der Waals surface area contributed by atoms with E-state index in [1.807, 2.05) is 36.4 Å². The second kappa shape index (κ2) is 15.6. The van der Waals surface area contributed by atoms with E-state index in [1.165, 1.54) is 12.1 Å². The third-order valence-electron chi connectivity index (χ3n) is 8.89. The van der Waals surface area contributed by atoms with Gasteiger partial charge in [0, 0.05) is 12.5 Å². The SMILES string of the molecule is Cc1c(-c2ccnn2-c2ccc(C#N)cc2CC[N+](C)(C)C)n(C(=O)NC2CCCCC2)c(=O)n1-c1cccc(C(F)(F)F)c1.c1ccccc1. The molecule has 51 heavy (non-hydrogen) atoms. The average Bonchev–Trinajstić information content (AvgIpc) is 3.69. The van der Waals surface area contributed by atoms with Crippen LogP contribution in [0.4, 0.5) is 18.0 Å². The second-order valence-electron chi connectivity index (χ2n) is 13.7. The van der Waals surface area contributed by atoms with E-state index < -0.39 is 23.5 Å².